The number of carbonyl (C=O) groups is 1. The van der Waals surface area contributed by atoms with Crippen LogP contribution in [-0.4, -0.2) is 66.9 Å². The molecule has 144 valence electrons. The molecular weight excluding hydrogens is 330 g/mol. The van der Waals surface area contributed by atoms with Crippen LogP contribution in [0.4, 0.5) is 10.5 Å². The van der Waals surface area contributed by atoms with Crippen molar-refractivity contribution in [3.63, 3.8) is 0 Å². The monoisotopic (exact) mass is 361 g/mol. The van der Waals surface area contributed by atoms with Gasteiger partial charge in [-0.05, 0) is 62.3 Å². The molecule has 2 fully saturated rings. The van der Waals surface area contributed by atoms with Crippen molar-refractivity contribution in [1.29, 1.82) is 0 Å². The molecule has 1 aromatic rings. The third-order valence-corrected chi connectivity index (χ3v) is 5.46. The summed E-state index contributed by atoms with van der Waals surface area (Å²) in [5.41, 5.74) is 2.82. The van der Waals surface area contributed by atoms with Crippen molar-refractivity contribution in [2.75, 3.05) is 45.2 Å². The average Bonchev–Trinajstić information content (AvgIpc) is 3.40. The third kappa shape index (κ3) is 4.48. The molecule has 2 aliphatic rings. The Kier molecular flexibility index (Phi) is 6.04. The van der Waals surface area contributed by atoms with Gasteiger partial charge in [0.05, 0.1) is 7.11 Å². The molecule has 2 amide bonds. The van der Waals surface area contributed by atoms with Crippen LogP contribution in [0.2, 0.25) is 0 Å². The lowest BCUT2D eigenvalue weighted by atomic mass is 10.1. The second-order valence-corrected chi connectivity index (χ2v) is 7.62. The second kappa shape index (κ2) is 8.27. The Hall–Kier alpha value is -1.79. The predicted octanol–water partition coefficient (Wildman–Crippen LogP) is 2.62. The van der Waals surface area contributed by atoms with E-state index in [0.717, 1.165) is 54.5 Å². The first-order chi connectivity index (χ1) is 12.5. The summed E-state index contributed by atoms with van der Waals surface area (Å²) in [6, 6.07) is 4.07. The largest absolute Gasteiger partial charge is 0.496 e. The molecule has 1 heterocycles. The van der Waals surface area contributed by atoms with Crippen molar-refractivity contribution in [3.8, 4) is 5.75 Å². The molecule has 0 unspecified atom stereocenters. The fourth-order valence-electron chi connectivity index (χ4n) is 3.92. The molecule has 0 spiro atoms. The lowest BCUT2D eigenvalue weighted by Gasteiger charge is -2.41. The lowest BCUT2D eigenvalue weighted by molar-refractivity contribution is 0.0739. The smallest absolute Gasteiger partial charge is 0.321 e. The molecule has 1 aromatic carbocycles. The lowest BCUT2D eigenvalue weighted by Crippen LogP contribution is -2.56. The minimum absolute atomic E-state index is 0.0667. The number of ether oxygens (including phenoxy) is 1. The van der Waals surface area contributed by atoms with Crippen LogP contribution in [-0.2, 0) is 0 Å². The Balaban J connectivity index is 1.62. The van der Waals surface area contributed by atoms with Crippen molar-refractivity contribution in [2.24, 2.45) is 5.92 Å². The first-order valence-electron chi connectivity index (χ1n) is 9.58. The average molecular weight is 361 g/mol. The van der Waals surface area contributed by atoms with E-state index in [-0.39, 0.29) is 18.7 Å². The predicted molar refractivity (Wildman–Crippen MR) is 103 cm³/mol. The van der Waals surface area contributed by atoms with E-state index in [9.17, 15) is 9.90 Å². The number of hydrogen-bond donors (Lipinski definition) is 2. The number of aryl methyl sites for hydroxylation is 2. The molecule has 0 aromatic heterocycles. The fourth-order valence-corrected chi connectivity index (χ4v) is 3.92. The van der Waals surface area contributed by atoms with Crippen LogP contribution >= 0.6 is 0 Å². The highest BCUT2D eigenvalue weighted by Crippen LogP contribution is 2.31. The van der Waals surface area contributed by atoms with Gasteiger partial charge in [-0.25, -0.2) is 4.79 Å². The number of benzene rings is 1. The van der Waals surface area contributed by atoms with Crippen LogP contribution in [0.25, 0.3) is 0 Å². The Bertz CT molecular complexity index is 622. The maximum atomic E-state index is 12.7. The van der Waals surface area contributed by atoms with Gasteiger partial charge >= 0.3 is 6.03 Å². The Morgan fingerprint density at radius 1 is 1.27 bits per heavy atom. The number of aliphatic hydroxyl groups excluding tert-OH is 1. The summed E-state index contributed by atoms with van der Waals surface area (Å²) in [4.78, 5) is 17.1. The van der Waals surface area contributed by atoms with Gasteiger partial charge in [0.15, 0.2) is 0 Å². The zero-order valence-electron chi connectivity index (χ0n) is 16.1. The van der Waals surface area contributed by atoms with E-state index in [1.807, 2.05) is 30.9 Å². The summed E-state index contributed by atoms with van der Waals surface area (Å²) in [7, 11) is 1.66. The summed E-state index contributed by atoms with van der Waals surface area (Å²) in [5, 5.41) is 12.4. The molecule has 1 aliphatic heterocycles. The van der Waals surface area contributed by atoms with Crippen molar-refractivity contribution in [2.45, 2.75) is 39.2 Å². The maximum absolute atomic E-state index is 12.7. The molecule has 6 heteroatoms. The molecule has 1 saturated heterocycles. The SMILES string of the molecule is COc1c(C)cc(NC(=O)N2CCN(CC3CC3)[C@H](CCO)C2)cc1C. The summed E-state index contributed by atoms with van der Waals surface area (Å²) in [6.07, 6.45) is 3.36. The van der Waals surface area contributed by atoms with Crippen LogP contribution in [0.5, 0.6) is 5.75 Å². The molecule has 26 heavy (non-hydrogen) atoms. The van der Waals surface area contributed by atoms with Crippen LogP contribution < -0.4 is 10.1 Å². The van der Waals surface area contributed by atoms with E-state index in [1.165, 1.54) is 12.8 Å². The number of nitrogens with zero attached hydrogens (tertiary/aromatic N) is 2. The molecule has 0 bridgehead atoms. The fraction of sp³-hybridized carbons (Fsp3) is 0.650. The van der Waals surface area contributed by atoms with Gasteiger partial charge in [0, 0.05) is 44.5 Å². The van der Waals surface area contributed by atoms with Crippen LogP contribution in [0, 0.1) is 19.8 Å². The number of methoxy groups -OCH3 is 1. The van der Waals surface area contributed by atoms with E-state index in [0.29, 0.717) is 6.54 Å². The summed E-state index contributed by atoms with van der Waals surface area (Å²) < 4.78 is 5.39. The van der Waals surface area contributed by atoms with Crippen molar-refractivity contribution in [3.05, 3.63) is 23.3 Å². The van der Waals surface area contributed by atoms with Crippen molar-refractivity contribution >= 4 is 11.7 Å². The first kappa shape index (κ1) is 19.0. The van der Waals surface area contributed by atoms with E-state index in [1.54, 1.807) is 7.11 Å². The van der Waals surface area contributed by atoms with Gasteiger partial charge < -0.3 is 20.1 Å². The highest BCUT2D eigenvalue weighted by atomic mass is 16.5. The number of rotatable bonds is 6. The minimum Gasteiger partial charge on any atom is -0.496 e. The van der Waals surface area contributed by atoms with Crippen molar-refractivity contribution in [1.82, 2.24) is 9.80 Å². The molecule has 3 rings (SSSR count). The standard InChI is InChI=1S/C20H31N3O3/c1-14-10-17(11-15(2)19(14)26-3)21-20(25)23-8-7-22(12-16-4-5-16)18(13-23)6-9-24/h10-11,16,18,24H,4-9,12-13H2,1-3H3,(H,21,25)/t18-/m1/s1. The Labute approximate surface area is 156 Å². The zero-order chi connectivity index (χ0) is 18.7. The molecule has 1 aliphatic carbocycles. The number of piperazine rings is 1. The molecule has 1 atom stereocenters. The number of carbonyl (C=O) groups excluding carboxylic acids is 1. The highest BCUT2D eigenvalue weighted by Gasteiger charge is 2.33. The van der Waals surface area contributed by atoms with Gasteiger partial charge in [0.25, 0.3) is 0 Å². The van der Waals surface area contributed by atoms with Crippen LogP contribution in [0.3, 0.4) is 0 Å². The third-order valence-electron chi connectivity index (χ3n) is 5.46. The van der Waals surface area contributed by atoms with Crippen molar-refractivity contribution < 1.29 is 14.6 Å². The van der Waals surface area contributed by atoms with Gasteiger partial charge in [-0.15, -0.1) is 0 Å². The topological polar surface area (TPSA) is 65.0 Å². The Morgan fingerprint density at radius 2 is 1.96 bits per heavy atom. The highest BCUT2D eigenvalue weighted by molar-refractivity contribution is 5.89. The number of urea groups is 1. The zero-order valence-corrected chi connectivity index (χ0v) is 16.1. The first-order valence-corrected chi connectivity index (χ1v) is 9.58. The molecule has 6 nitrogen and oxygen atoms in total. The maximum Gasteiger partial charge on any atom is 0.321 e. The van der Waals surface area contributed by atoms with Crippen LogP contribution in [0.15, 0.2) is 12.1 Å². The quantitative estimate of drug-likeness (QED) is 0.817. The van der Waals surface area contributed by atoms with E-state index < -0.39 is 0 Å². The van der Waals surface area contributed by atoms with E-state index in [4.69, 9.17) is 4.74 Å². The number of hydrogen-bond acceptors (Lipinski definition) is 4. The van der Waals surface area contributed by atoms with E-state index in [2.05, 4.69) is 10.2 Å². The number of nitrogens with one attached hydrogen (secondary N) is 1. The summed E-state index contributed by atoms with van der Waals surface area (Å²) in [5.74, 6) is 1.68. The summed E-state index contributed by atoms with van der Waals surface area (Å²) >= 11 is 0. The summed E-state index contributed by atoms with van der Waals surface area (Å²) in [6.45, 7) is 7.52. The normalized spacial score (nSPS) is 20.9. The van der Waals surface area contributed by atoms with E-state index >= 15 is 0 Å². The molecule has 2 N–H and O–H groups in total. The van der Waals surface area contributed by atoms with Gasteiger partial charge in [-0.1, -0.05) is 0 Å². The molecule has 0 radical (unpaired) electrons. The number of anilines is 1. The van der Waals surface area contributed by atoms with Gasteiger partial charge in [0.2, 0.25) is 0 Å². The van der Waals surface area contributed by atoms with Crippen LogP contribution in [0.1, 0.15) is 30.4 Å². The minimum atomic E-state index is -0.0667. The molecule has 1 saturated carbocycles. The second-order valence-electron chi connectivity index (χ2n) is 7.62. The van der Waals surface area contributed by atoms with Gasteiger partial charge in [-0.3, -0.25) is 4.90 Å². The van der Waals surface area contributed by atoms with Gasteiger partial charge in [0.1, 0.15) is 5.75 Å². The molecular formula is C20H31N3O3. The van der Waals surface area contributed by atoms with Gasteiger partial charge in [-0.2, -0.15) is 0 Å². The Morgan fingerprint density at radius 3 is 2.54 bits per heavy atom. The number of amides is 2. The number of aliphatic hydroxyl groups is 1.